The summed E-state index contributed by atoms with van der Waals surface area (Å²) in [5, 5.41) is 5.08. The van der Waals surface area contributed by atoms with Gasteiger partial charge in [-0.1, -0.05) is 45.0 Å². The number of rotatable bonds is 9. The molecular formula is C29H32ClN5OU. The van der Waals surface area contributed by atoms with Crippen molar-refractivity contribution in [3.63, 3.8) is 0 Å². The van der Waals surface area contributed by atoms with Gasteiger partial charge in [0, 0.05) is 31.2 Å². The fourth-order valence-electron chi connectivity index (χ4n) is 3.92. The maximum Gasteiger partial charge on any atom is 2.00 e. The van der Waals surface area contributed by atoms with Crippen molar-refractivity contribution in [2.24, 2.45) is 7.05 Å². The first-order valence-electron chi connectivity index (χ1n) is 11.7. The van der Waals surface area contributed by atoms with Gasteiger partial charge in [0.15, 0.2) is 11.0 Å². The van der Waals surface area contributed by atoms with E-state index in [9.17, 15) is 0 Å². The number of benzene rings is 1. The van der Waals surface area contributed by atoms with E-state index in [1.54, 1.807) is 10.7 Å². The Morgan fingerprint density at radius 2 is 2.03 bits per heavy atom. The Kier molecular flexibility index (Phi) is 11.4. The Balaban J connectivity index is 0.00000241. The number of hydrogen-bond donors (Lipinski definition) is 0. The zero-order valence-electron chi connectivity index (χ0n) is 22.0. The Bertz CT molecular complexity index is 1430. The van der Waals surface area contributed by atoms with Crippen LogP contribution in [0, 0.1) is 51.5 Å². The summed E-state index contributed by atoms with van der Waals surface area (Å²) in [5.74, 6) is 1.90. The Hall–Kier alpha value is -2.59. The van der Waals surface area contributed by atoms with Crippen molar-refractivity contribution in [1.29, 1.82) is 0 Å². The second-order valence-electron chi connectivity index (χ2n) is 8.23. The predicted molar refractivity (Wildman–Crippen MR) is 148 cm³/mol. The molecule has 0 saturated carbocycles. The normalized spacial score (nSPS) is 11.4. The van der Waals surface area contributed by atoms with E-state index >= 15 is 0 Å². The number of aromatic nitrogens is 5. The quantitative estimate of drug-likeness (QED) is 0.103. The summed E-state index contributed by atoms with van der Waals surface area (Å²) in [6.07, 6.45) is 13.3. The molecule has 0 unspecified atom stereocenters. The smallest absolute Gasteiger partial charge is 0.494 e. The Morgan fingerprint density at radius 1 is 1.24 bits per heavy atom. The number of hydrogen-bond acceptors (Lipinski definition) is 4. The predicted octanol–water partition coefficient (Wildman–Crippen LogP) is 7.30. The molecule has 37 heavy (non-hydrogen) atoms. The van der Waals surface area contributed by atoms with Crippen molar-refractivity contribution >= 4 is 22.7 Å². The van der Waals surface area contributed by atoms with Gasteiger partial charge in [-0.3, -0.25) is 0 Å². The average Bonchev–Trinajstić information content (AvgIpc) is 3.44. The van der Waals surface area contributed by atoms with Crippen molar-refractivity contribution in [2.45, 2.75) is 33.6 Å². The van der Waals surface area contributed by atoms with E-state index in [-0.39, 0.29) is 38.5 Å². The summed E-state index contributed by atoms with van der Waals surface area (Å²) in [6.45, 7) is 11.3. The number of fused-ring (bicyclic) bond motifs is 1. The largest absolute Gasteiger partial charge is 2.00 e. The molecule has 0 bridgehead atoms. The van der Waals surface area contributed by atoms with Gasteiger partial charge >= 0.3 is 31.1 Å². The fourth-order valence-corrected chi connectivity index (χ4v) is 4.18. The van der Waals surface area contributed by atoms with Gasteiger partial charge in [-0.15, -0.1) is 10.7 Å². The maximum atomic E-state index is 6.78. The maximum absolute atomic E-state index is 6.78. The van der Waals surface area contributed by atoms with Crippen LogP contribution in [0.15, 0.2) is 67.4 Å². The number of halogens is 1. The van der Waals surface area contributed by atoms with Crippen LogP contribution in [0.4, 0.5) is 0 Å². The molecule has 4 rings (SSSR count). The number of ether oxygens (including phenoxy) is 1. The minimum atomic E-state index is 0. The third kappa shape index (κ3) is 6.65. The molecule has 0 aliphatic heterocycles. The van der Waals surface area contributed by atoms with Crippen molar-refractivity contribution in [1.82, 2.24) is 24.1 Å². The van der Waals surface area contributed by atoms with Gasteiger partial charge in [-0.25, -0.2) is 14.5 Å². The van der Waals surface area contributed by atoms with Crippen LogP contribution in [0.3, 0.4) is 0 Å². The Morgan fingerprint density at radius 3 is 2.68 bits per heavy atom. The van der Waals surface area contributed by atoms with Crippen LogP contribution >= 0.6 is 11.6 Å². The van der Waals surface area contributed by atoms with Crippen LogP contribution in [-0.4, -0.2) is 30.8 Å². The Labute approximate surface area is 248 Å². The van der Waals surface area contributed by atoms with Crippen LogP contribution in [0.25, 0.3) is 33.9 Å². The molecule has 0 atom stereocenters. The van der Waals surface area contributed by atoms with Crippen molar-refractivity contribution < 1.29 is 35.9 Å². The van der Waals surface area contributed by atoms with Gasteiger partial charge in [-0.05, 0) is 36.1 Å². The molecule has 3 aromatic heterocycles. The minimum absolute atomic E-state index is 0. The summed E-state index contributed by atoms with van der Waals surface area (Å²) in [5.41, 5.74) is 5.34. The SMILES string of the molecule is C=C(/C=C\C(=C/CC)OCCC)c1c(-c2ccc[c-]c2C)cn2nc(-c3nccn3C)nc(Cl)c12.[CH3-].[U+2]. The summed E-state index contributed by atoms with van der Waals surface area (Å²) < 4.78 is 9.51. The molecule has 0 amide bonds. The monoisotopic (exact) mass is 739 g/mol. The molecular weight excluding hydrogens is 708 g/mol. The first-order chi connectivity index (χ1) is 16.9. The molecule has 0 aliphatic carbocycles. The van der Waals surface area contributed by atoms with Gasteiger partial charge in [0.25, 0.3) is 0 Å². The standard InChI is InChI=1S/C28H29ClN5O.CH3.U/c1-6-10-21(35-17-7-2)14-13-20(4)24-23(22-12-9-8-11-19(22)3)18-34-25(24)26(29)31-27(32-34)28-30-15-16-33(28)5;;/h8-10,12-16,18H,4,6-7,17H2,1-3,5H3;1H3;/q2*-1;+2/b14-13-,21-10+;;. The van der Waals surface area contributed by atoms with E-state index in [0.29, 0.717) is 28.9 Å². The molecule has 0 saturated heterocycles. The summed E-state index contributed by atoms with van der Waals surface area (Å²) >= 11 is 6.78. The van der Waals surface area contributed by atoms with E-state index < -0.39 is 0 Å². The van der Waals surface area contributed by atoms with Gasteiger partial charge in [0.2, 0.25) is 5.82 Å². The van der Waals surface area contributed by atoms with Crippen LogP contribution in [0.5, 0.6) is 0 Å². The molecule has 0 spiro atoms. The molecule has 0 N–H and O–H groups in total. The van der Waals surface area contributed by atoms with Gasteiger partial charge in [0.05, 0.1) is 6.61 Å². The zero-order valence-corrected chi connectivity index (χ0v) is 27.0. The molecule has 0 aliphatic rings. The molecule has 6 nitrogen and oxygen atoms in total. The van der Waals surface area contributed by atoms with E-state index in [4.69, 9.17) is 21.4 Å². The van der Waals surface area contributed by atoms with Gasteiger partial charge in [-0.2, -0.15) is 29.8 Å². The first-order valence-corrected chi connectivity index (χ1v) is 12.1. The topological polar surface area (TPSA) is 57.2 Å². The van der Waals surface area contributed by atoms with Crippen LogP contribution in [0.1, 0.15) is 37.8 Å². The average molecular weight is 740 g/mol. The van der Waals surface area contributed by atoms with E-state index in [2.05, 4.69) is 48.6 Å². The number of allylic oxidation sites excluding steroid dienone is 4. The summed E-state index contributed by atoms with van der Waals surface area (Å²) in [7, 11) is 1.90. The van der Waals surface area contributed by atoms with Crippen LogP contribution in [0.2, 0.25) is 5.15 Å². The molecule has 0 radical (unpaired) electrons. The van der Waals surface area contributed by atoms with Crippen molar-refractivity contribution in [3.8, 4) is 22.8 Å². The van der Waals surface area contributed by atoms with E-state index in [1.165, 1.54) is 0 Å². The number of imidazole rings is 1. The number of aryl methyl sites for hydroxylation is 2. The molecule has 3 heterocycles. The molecule has 4 aromatic rings. The molecule has 0 fully saturated rings. The van der Waals surface area contributed by atoms with Gasteiger partial charge < -0.3 is 16.7 Å². The van der Waals surface area contributed by atoms with E-state index in [1.807, 2.05) is 55.2 Å². The van der Waals surface area contributed by atoms with E-state index in [0.717, 1.165) is 46.4 Å². The van der Waals surface area contributed by atoms with Crippen LogP contribution < -0.4 is 0 Å². The minimum Gasteiger partial charge on any atom is -0.494 e. The summed E-state index contributed by atoms with van der Waals surface area (Å²) in [4.78, 5) is 8.96. The van der Waals surface area contributed by atoms with Crippen molar-refractivity contribution in [3.05, 3.63) is 97.1 Å². The second kappa shape index (κ2) is 13.8. The molecule has 1 aromatic carbocycles. The zero-order chi connectivity index (χ0) is 24.9. The molecule has 190 valence electrons. The third-order valence-electron chi connectivity index (χ3n) is 5.61. The summed E-state index contributed by atoms with van der Waals surface area (Å²) in [6, 6.07) is 9.23. The first kappa shape index (κ1) is 30.6. The van der Waals surface area contributed by atoms with Gasteiger partial charge in [0.1, 0.15) is 11.3 Å². The number of nitrogens with zero attached hydrogens (tertiary/aromatic N) is 5. The van der Waals surface area contributed by atoms with Crippen LogP contribution in [-0.2, 0) is 11.8 Å². The third-order valence-corrected chi connectivity index (χ3v) is 5.87. The van der Waals surface area contributed by atoms with Crippen molar-refractivity contribution in [2.75, 3.05) is 6.61 Å². The second-order valence-corrected chi connectivity index (χ2v) is 8.59. The molecule has 8 heteroatoms. The fraction of sp³-hybridized carbons (Fsp3) is 0.241.